The average molecular weight is 249 g/mol. The molecule has 0 spiro atoms. The molecule has 1 rings (SSSR count). The third-order valence-corrected chi connectivity index (χ3v) is 2.51. The molecule has 0 fully saturated rings. The van der Waals surface area contributed by atoms with Crippen molar-refractivity contribution in [2.45, 2.75) is 52.6 Å². The summed E-state index contributed by atoms with van der Waals surface area (Å²) >= 11 is 0. The Hall–Kier alpha value is -1.58. The summed E-state index contributed by atoms with van der Waals surface area (Å²) in [5, 5.41) is 6.20. The molecule has 4 nitrogen and oxygen atoms in total. The highest BCUT2D eigenvalue weighted by atomic mass is 16.1. The molecule has 1 aromatic rings. The van der Waals surface area contributed by atoms with Gasteiger partial charge in [0.25, 0.3) is 5.91 Å². The van der Waals surface area contributed by atoms with E-state index < -0.39 is 0 Å². The number of carbonyl (C=O) groups is 1. The van der Waals surface area contributed by atoms with Gasteiger partial charge < -0.3 is 10.6 Å². The third-order valence-electron chi connectivity index (χ3n) is 2.51. The van der Waals surface area contributed by atoms with E-state index >= 15 is 0 Å². The first-order valence-electron chi connectivity index (χ1n) is 6.37. The van der Waals surface area contributed by atoms with Crippen molar-refractivity contribution in [1.29, 1.82) is 0 Å². The monoisotopic (exact) mass is 249 g/mol. The Kier molecular flexibility index (Phi) is 4.70. The average Bonchev–Trinajstić information content (AvgIpc) is 2.27. The number of amides is 1. The van der Waals surface area contributed by atoms with Gasteiger partial charge in [0.2, 0.25) is 0 Å². The molecule has 0 aliphatic heterocycles. The maximum absolute atomic E-state index is 11.8. The molecular formula is C14H23N3O. The number of anilines is 1. The maximum atomic E-state index is 11.8. The van der Waals surface area contributed by atoms with Crippen molar-refractivity contribution in [3.05, 3.63) is 24.0 Å². The van der Waals surface area contributed by atoms with Crippen LogP contribution in [0.15, 0.2) is 18.3 Å². The number of carbonyl (C=O) groups excluding carboxylic acids is 1. The normalized spacial score (nSPS) is 12.9. The molecule has 0 aliphatic rings. The molecule has 1 unspecified atom stereocenters. The standard InChI is InChI=1S/C14H23N3O/c1-6-10(2)16-13(18)12-8-7-11(9-15-12)17-14(3,4)5/h7-10,17H,6H2,1-5H3,(H,16,18). The second-order valence-electron chi connectivity index (χ2n) is 5.59. The fourth-order valence-electron chi connectivity index (χ4n) is 1.43. The van der Waals surface area contributed by atoms with E-state index in [0.29, 0.717) is 5.69 Å². The zero-order valence-corrected chi connectivity index (χ0v) is 11.9. The summed E-state index contributed by atoms with van der Waals surface area (Å²) in [6.45, 7) is 10.3. The van der Waals surface area contributed by atoms with Crippen LogP contribution in [0.5, 0.6) is 0 Å². The van der Waals surface area contributed by atoms with Crippen LogP contribution in [0, 0.1) is 0 Å². The van der Waals surface area contributed by atoms with E-state index in [1.54, 1.807) is 12.3 Å². The zero-order valence-electron chi connectivity index (χ0n) is 11.9. The van der Waals surface area contributed by atoms with Gasteiger partial charge in [0.1, 0.15) is 5.69 Å². The van der Waals surface area contributed by atoms with Crippen LogP contribution in [0.1, 0.15) is 51.5 Å². The van der Waals surface area contributed by atoms with Crippen molar-refractivity contribution in [3.8, 4) is 0 Å². The van der Waals surface area contributed by atoms with Gasteiger partial charge in [-0.05, 0) is 46.2 Å². The minimum absolute atomic E-state index is 0.0117. The molecule has 1 heterocycles. The summed E-state index contributed by atoms with van der Waals surface area (Å²) in [5.74, 6) is -0.119. The molecule has 1 amide bonds. The van der Waals surface area contributed by atoms with E-state index in [1.807, 2.05) is 19.9 Å². The quantitative estimate of drug-likeness (QED) is 0.862. The smallest absolute Gasteiger partial charge is 0.270 e. The highest BCUT2D eigenvalue weighted by molar-refractivity contribution is 5.92. The van der Waals surface area contributed by atoms with Crippen molar-refractivity contribution in [3.63, 3.8) is 0 Å². The van der Waals surface area contributed by atoms with Crippen molar-refractivity contribution in [2.24, 2.45) is 0 Å². The Morgan fingerprint density at radius 3 is 2.50 bits per heavy atom. The molecule has 0 radical (unpaired) electrons. The van der Waals surface area contributed by atoms with Gasteiger partial charge in [0.15, 0.2) is 0 Å². The van der Waals surface area contributed by atoms with Gasteiger partial charge >= 0.3 is 0 Å². The number of rotatable bonds is 4. The molecule has 18 heavy (non-hydrogen) atoms. The van der Waals surface area contributed by atoms with Crippen LogP contribution >= 0.6 is 0 Å². The second-order valence-corrected chi connectivity index (χ2v) is 5.59. The van der Waals surface area contributed by atoms with E-state index in [4.69, 9.17) is 0 Å². The third kappa shape index (κ3) is 4.73. The highest BCUT2D eigenvalue weighted by Gasteiger charge is 2.12. The van der Waals surface area contributed by atoms with Gasteiger partial charge in [0, 0.05) is 11.6 Å². The first kappa shape index (κ1) is 14.5. The van der Waals surface area contributed by atoms with E-state index in [2.05, 4.69) is 36.4 Å². The molecule has 1 atom stereocenters. The van der Waals surface area contributed by atoms with Gasteiger partial charge in [-0.2, -0.15) is 0 Å². The van der Waals surface area contributed by atoms with Crippen LogP contribution in [-0.4, -0.2) is 22.5 Å². The largest absolute Gasteiger partial charge is 0.379 e. The fraction of sp³-hybridized carbons (Fsp3) is 0.571. The van der Waals surface area contributed by atoms with Gasteiger partial charge in [-0.15, -0.1) is 0 Å². The van der Waals surface area contributed by atoms with Gasteiger partial charge in [-0.25, -0.2) is 4.98 Å². The molecule has 0 bridgehead atoms. The van der Waals surface area contributed by atoms with Gasteiger partial charge in [0.05, 0.1) is 11.9 Å². The molecule has 1 aromatic heterocycles. The topological polar surface area (TPSA) is 54.0 Å². The second kappa shape index (κ2) is 5.85. The Bertz CT molecular complexity index is 392. The van der Waals surface area contributed by atoms with E-state index in [-0.39, 0.29) is 17.5 Å². The zero-order chi connectivity index (χ0) is 13.8. The van der Waals surface area contributed by atoms with Crippen molar-refractivity contribution >= 4 is 11.6 Å². The number of nitrogens with one attached hydrogen (secondary N) is 2. The number of pyridine rings is 1. The minimum Gasteiger partial charge on any atom is -0.379 e. The van der Waals surface area contributed by atoms with Crippen molar-refractivity contribution < 1.29 is 4.79 Å². The number of nitrogens with zero attached hydrogens (tertiary/aromatic N) is 1. The summed E-state index contributed by atoms with van der Waals surface area (Å²) in [4.78, 5) is 16.0. The van der Waals surface area contributed by atoms with Crippen LogP contribution in [0.3, 0.4) is 0 Å². The van der Waals surface area contributed by atoms with Crippen LogP contribution in [-0.2, 0) is 0 Å². The molecule has 0 aromatic carbocycles. The Balaban J connectivity index is 2.68. The lowest BCUT2D eigenvalue weighted by Crippen LogP contribution is -2.32. The number of hydrogen-bond donors (Lipinski definition) is 2. The van der Waals surface area contributed by atoms with E-state index in [9.17, 15) is 4.79 Å². The van der Waals surface area contributed by atoms with Crippen LogP contribution in [0.2, 0.25) is 0 Å². The van der Waals surface area contributed by atoms with Crippen LogP contribution in [0.25, 0.3) is 0 Å². The van der Waals surface area contributed by atoms with E-state index in [0.717, 1.165) is 12.1 Å². The molecule has 4 heteroatoms. The lowest BCUT2D eigenvalue weighted by Gasteiger charge is -2.21. The van der Waals surface area contributed by atoms with Crippen LogP contribution < -0.4 is 10.6 Å². The Morgan fingerprint density at radius 2 is 2.06 bits per heavy atom. The molecular weight excluding hydrogens is 226 g/mol. The summed E-state index contributed by atoms with van der Waals surface area (Å²) in [5.41, 5.74) is 1.36. The highest BCUT2D eigenvalue weighted by Crippen LogP contribution is 2.13. The molecule has 100 valence electrons. The minimum atomic E-state index is -0.119. The first-order valence-corrected chi connectivity index (χ1v) is 6.37. The summed E-state index contributed by atoms with van der Waals surface area (Å²) in [7, 11) is 0. The van der Waals surface area contributed by atoms with E-state index in [1.165, 1.54) is 0 Å². The molecule has 0 aliphatic carbocycles. The first-order chi connectivity index (χ1) is 8.31. The Morgan fingerprint density at radius 1 is 1.39 bits per heavy atom. The number of hydrogen-bond acceptors (Lipinski definition) is 3. The maximum Gasteiger partial charge on any atom is 0.270 e. The van der Waals surface area contributed by atoms with Gasteiger partial charge in [-0.3, -0.25) is 4.79 Å². The Labute approximate surface area is 109 Å². The SMILES string of the molecule is CCC(C)NC(=O)c1ccc(NC(C)(C)C)cn1. The summed E-state index contributed by atoms with van der Waals surface area (Å²) in [6, 6.07) is 3.79. The van der Waals surface area contributed by atoms with Crippen LogP contribution in [0.4, 0.5) is 5.69 Å². The lowest BCUT2D eigenvalue weighted by molar-refractivity contribution is 0.0934. The number of aromatic nitrogens is 1. The van der Waals surface area contributed by atoms with Crippen molar-refractivity contribution in [2.75, 3.05) is 5.32 Å². The van der Waals surface area contributed by atoms with Gasteiger partial charge in [-0.1, -0.05) is 6.92 Å². The molecule has 2 N–H and O–H groups in total. The summed E-state index contributed by atoms with van der Waals surface area (Å²) < 4.78 is 0. The molecule has 0 saturated carbocycles. The summed E-state index contributed by atoms with van der Waals surface area (Å²) in [6.07, 6.45) is 2.60. The predicted molar refractivity (Wildman–Crippen MR) is 74.8 cm³/mol. The molecule has 0 saturated heterocycles. The predicted octanol–water partition coefficient (Wildman–Crippen LogP) is 2.82. The fourth-order valence-corrected chi connectivity index (χ4v) is 1.43. The van der Waals surface area contributed by atoms with Crippen molar-refractivity contribution in [1.82, 2.24) is 10.3 Å². The lowest BCUT2D eigenvalue weighted by atomic mass is 10.1.